The zero-order valence-corrected chi connectivity index (χ0v) is 8.54. The summed E-state index contributed by atoms with van der Waals surface area (Å²) in [7, 11) is 0. The fourth-order valence-corrected chi connectivity index (χ4v) is 2.49. The van der Waals surface area contributed by atoms with Crippen LogP contribution in [0.4, 0.5) is 0 Å². The predicted octanol–water partition coefficient (Wildman–Crippen LogP) is 0.892. The molecule has 1 amide bonds. The molecule has 1 N–H and O–H groups in total. The molecule has 0 bridgehead atoms. The Morgan fingerprint density at radius 1 is 1.14 bits per heavy atom. The van der Waals surface area contributed by atoms with Crippen LogP contribution in [0.2, 0.25) is 0 Å². The minimum absolute atomic E-state index is 0.379. The molecule has 0 aromatic heterocycles. The van der Waals surface area contributed by atoms with E-state index in [1.54, 1.807) is 0 Å². The van der Waals surface area contributed by atoms with Crippen LogP contribution in [0, 0.1) is 0 Å². The standard InChI is InChI=1S/C11H18N2O/c14-11-6-9(12-8-2-1-3-8)7-13(11)10-4-5-10/h8-10,12H,1-7H2. The van der Waals surface area contributed by atoms with E-state index in [-0.39, 0.29) is 0 Å². The van der Waals surface area contributed by atoms with E-state index >= 15 is 0 Å². The van der Waals surface area contributed by atoms with Crippen LogP contribution in [0.3, 0.4) is 0 Å². The number of rotatable bonds is 3. The molecule has 3 fully saturated rings. The topological polar surface area (TPSA) is 32.3 Å². The second-order valence-corrected chi connectivity index (χ2v) is 4.97. The van der Waals surface area contributed by atoms with Gasteiger partial charge >= 0.3 is 0 Å². The third kappa shape index (κ3) is 1.54. The van der Waals surface area contributed by atoms with Crippen molar-refractivity contribution in [2.45, 2.75) is 56.7 Å². The molecule has 0 radical (unpaired) electrons. The summed E-state index contributed by atoms with van der Waals surface area (Å²) in [6.45, 7) is 0.972. The molecule has 1 atom stereocenters. The average Bonchev–Trinajstić information content (AvgIpc) is 2.85. The summed E-state index contributed by atoms with van der Waals surface area (Å²) in [5, 5.41) is 3.60. The Labute approximate surface area is 84.8 Å². The Kier molecular flexibility index (Phi) is 2.01. The Morgan fingerprint density at radius 2 is 1.93 bits per heavy atom. The van der Waals surface area contributed by atoms with Crippen molar-refractivity contribution in [3.05, 3.63) is 0 Å². The predicted molar refractivity (Wildman–Crippen MR) is 53.9 cm³/mol. The lowest BCUT2D eigenvalue weighted by molar-refractivity contribution is -0.128. The van der Waals surface area contributed by atoms with Gasteiger partial charge in [-0.05, 0) is 25.7 Å². The molecule has 2 saturated carbocycles. The number of carbonyl (C=O) groups excluding carboxylic acids is 1. The largest absolute Gasteiger partial charge is 0.338 e. The van der Waals surface area contributed by atoms with E-state index in [1.165, 1.54) is 32.1 Å². The molecular weight excluding hydrogens is 176 g/mol. The van der Waals surface area contributed by atoms with E-state index in [1.807, 2.05) is 0 Å². The highest BCUT2D eigenvalue weighted by Gasteiger charge is 2.39. The second-order valence-electron chi connectivity index (χ2n) is 4.97. The molecule has 1 unspecified atom stereocenters. The highest BCUT2D eigenvalue weighted by Crippen LogP contribution is 2.31. The number of amides is 1. The van der Waals surface area contributed by atoms with Gasteiger partial charge in [-0.25, -0.2) is 0 Å². The summed E-state index contributed by atoms with van der Waals surface area (Å²) in [5.74, 6) is 0.379. The first-order valence-corrected chi connectivity index (χ1v) is 5.88. The van der Waals surface area contributed by atoms with Gasteiger partial charge in [0, 0.05) is 31.1 Å². The molecule has 1 heterocycles. The third-order valence-electron chi connectivity index (χ3n) is 3.72. The Balaban J connectivity index is 1.53. The molecule has 78 valence electrons. The van der Waals surface area contributed by atoms with Gasteiger partial charge in [-0.3, -0.25) is 4.79 Å². The zero-order valence-electron chi connectivity index (χ0n) is 8.54. The van der Waals surface area contributed by atoms with Crippen LogP contribution in [0.15, 0.2) is 0 Å². The van der Waals surface area contributed by atoms with Crippen molar-refractivity contribution < 1.29 is 4.79 Å². The molecular formula is C11H18N2O. The van der Waals surface area contributed by atoms with E-state index < -0.39 is 0 Å². The number of nitrogens with one attached hydrogen (secondary N) is 1. The number of nitrogens with zero attached hydrogens (tertiary/aromatic N) is 1. The summed E-state index contributed by atoms with van der Waals surface area (Å²) in [4.78, 5) is 13.7. The maximum Gasteiger partial charge on any atom is 0.224 e. The SMILES string of the molecule is O=C1CC(NC2CCC2)CN1C1CC1. The summed E-state index contributed by atoms with van der Waals surface area (Å²) in [5.41, 5.74) is 0. The lowest BCUT2D eigenvalue weighted by Crippen LogP contribution is -2.43. The fraction of sp³-hybridized carbons (Fsp3) is 0.909. The lowest BCUT2D eigenvalue weighted by Gasteiger charge is -2.29. The number of carbonyl (C=O) groups is 1. The van der Waals surface area contributed by atoms with Crippen LogP contribution < -0.4 is 5.32 Å². The van der Waals surface area contributed by atoms with Gasteiger partial charge < -0.3 is 10.2 Å². The quantitative estimate of drug-likeness (QED) is 0.723. The van der Waals surface area contributed by atoms with Crippen molar-refractivity contribution in [1.29, 1.82) is 0 Å². The van der Waals surface area contributed by atoms with Gasteiger partial charge in [-0.1, -0.05) is 6.42 Å². The number of likely N-dealkylation sites (tertiary alicyclic amines) is 1. The van der Waals surface area contributed by atoms with Crippen molar-refractivity contribution in [3.8, 4) is 0 Å². The summed E-state index contributed by atoms with van der Waals surface area (Å²) in [6.07, 6.45) is 7.21. The zero-order chi connectivity index (χ0) is 9.54. The monoisotopic (exact) mass is 194 g/mol. The van der Waals surface area contributed by atoms with Crippen molar-refractivity contribution in [2.75, 3.05) is 6.54 Å². The van der Waals surface area contributed by atoms with E-state index in [4.69, 9.17) is 0 Å². The first-order valence-electron chi connectivity index (χ1n) is 5.88. The van der Waals surface area contributed by atoms with Crippen LogP contribution >= 0.6 is 0 Å². The summed E-state index contributed by atoms with van der Waals surface area (Å²) >= 11 is 0. The lowest BCUT2D eigenvalue weighted by atomic mass is 9.92. The molecule has 0 spiro atoms. The molecule has 3 nitrogen and oxygen atoms in total. The van der Waals surface area contributed by atoms with Gasteiger partial charge in [0.2, 0.25) is 5.91 Å². The Bertz CT molecular complexity index is 246. The Morgan fingerprint density at radius 3 is 2.50 bits per heavy atom. The van der Waals surface area contributed by atoms with Crippen LogP contribution in [-0.2, 0) is 4.79 Å². The highest BCUT2D eigenvalue weighted by molar-refractivity contribution is 5.80. The maximum atomic E-state index is 11.6. The molecule has 0 aromatic carbocycles. The van der Waals surface area contributed by atoms with E-state index in [9.17, 15) is 4.79 Å². The molecule has 2 aliphatic carbocycles. The van der Waals surface area contributed by atoms with Crippen molar-refractivity contribution in [3.63, 3.8) is 0 Å². The van der Waals surface area contributed by atoms with Gasteiger partial charge in [0.1, 0.15) is 0 Å². The van der Waals surface area contributed by atoms with Gasteiger partial charge in [-0.2, -0.15) is 0 Å². The second kappa shape index (κ2) is 3.23. The molecule has 3 heteroatoms. The van der Waals surface area contributed by atoms with Crippen LogP contribution in [0.5, 0.6) is 0 Å². The average molecular weight is 194 g/mol. The van der Waals surface area contributed by atoms with E-state index in [0.717, 1.165) is 13.0 Å². The summed E-state index contributed by atoms with van der Waals surface area (Å²) in [6, 6.07) is 1.77. The van der Waals surface area contributed by atoms with Gasteiger partial charge in [0.05, 0.1) is 0 Å². The highest BCUT2D eigenvalue weighted by atomic mass is 16.2. The minimum atomic E-state index is 0.379. The first kappa shape index (κ1) is 8.72. The number of hydrogen-bond acceptors (Lipinski definition) is 2. The summed E-state index contributed by atoms with van der Waals surface area (Å²) < 4.78 is 0. The maximum absolute atomic E-state index is 11.6. The van der Waals surface area contributed by atoms with Gasteiger partial charge in [-0.15, -0.1) is 0 Å². The molecule has 1 aliphatic heterocycles. The van der Waals surface area contributed by atoms with Gasteiger partial charge in [0.25, 0.3) is 0 Å². The Hall–Kier alpha value is -0.570. The molecule has 14 heavy (non-hydrogen) atoms. The third-order valence-corrected chi connectivity index (χ3v) is 3.72. The van der Waals surface area contributed by atoms with Crippen molar-refractivity contribution >= 4 is 5.91 Å². The number of hydrogen-bond donors (Lipinski definition) is 1. The minimum Gasteiger partial charge on any atom is -0.338 e. The van der Waals surface area contributed by atoms with Crippen molar-refractivity contribution in [2.24, 2.45) is 0 Å². The fourth-order valence-electron chi connectivity index (χ4n) is 2.49. The smallest absolute Gasteiger partial charge is 0.224 e. The van der Waals surface area contributed by atoms with Crippen LogP contribution in [0.1, 0.15) is 38.5 Å². The normalized spacial score (nSPS) is 33.6. The molecule has 0 aromatic rings. The van der Waals surface area contributed by atoms with Crippen LogP contribution in [-0.4, -0.2) is 35.5 Å². The molecule has 1 saturated heterocycles. The van der Waals surface area contributed by atoms with Crippen LogP contribution in [0.25, 0.3) is 0 Å². The molecule has 3 rings (SSSR count). The van der Waals surface area contributed by atoms with E-state index in [0.29, 0.717) is 24.0 Å². The van der Waals surface area contributed by atoms with E-state index in [2.05, 4.69) is 10.2 Å². The first-order chi connectivity index (χ1) is 6.83. The van der Waals surface area contributed by atoms with Crippen molar-refractivity contribution in [1.82, 2.24) is 10.2 Å². The molecule has 3 aliphatic rings. The van der Waals surface area contributed by atoms with Gasteiger partial charge in [0.15, 0.2) is 0 Å².